The lowest BCUT2D eigenvalue weighted by atomic mass is 9.92. The highest BCUT2D eigenvalue weighted by molar-refractivity contribution is 7.02. The Bertz CT molecular complexity index is 2350. The Balaban J connectivity index is 0.000000180. The molecule has 4 heterocycles. The van der Waals surface area contributed by atoms with Crippen molar-refractivity contribution in [1.29, 1.82) is 0 Å². The summed E-state index contributed by atoms with van der Waals surface area (Å²) in [5.74, 6) is 3.18. The van der Waals surface area contributed by atoms with E-state index in [1.807, 2.05) is 61.7 Å². The number of aryl methyl sites for hydroxylation is 2. The number of halogens is 4. The van der Waals surface area contributed by atoms with E-state index in [9.17, 15) is 18.8 Å². The molecule has 0 aliphatic carbocycles. The van der Waals surface area contributed by atoms with E-state index in [-0.39, 0.29) is 59.9 Å². The molecule has 0 fully saturated rings. The van der Waals surface area contributed by atoms with E-state index in [0.717, 1.165) is 47.7 Å². The number of rotatable bonds is 9. The van der Waals surface area contributed by atoms with Crippen LogP contribution in [0.3, 0.4) is 0 Å². The maximum Gasteiger partial charge on any atom is 0.265 e. The van der Waals surface area contributed by atoms with Crippen LogP contribution in [0.1, 0.15) is 51.6 Å². The van der Waals surface area contributed by atoms with Gasteiger partial charge in [0.1, 0.15) is 35.5 Å². The zero-order valence-corrected chi connectivity index (χ0v) is 38.3. The number of para-hydroxylation sites is 3. The number of terminal acetylenes is 1. The third-order valence-corrected chi connectivity index (χ3v) is 11.5. The fourth-order valence-electron chi connectivity index (χ4n) is 7.31. The SMILES string of the molecule is C#CCN1C(=O)COc2cc(F)c(N=c3snc4n3CC(C)(C)C4)cc21.CC1COc2ccccc2N1C(=O)C(Cl)Cl.CCc1cccc(C)c1N(C(=O)CCl)C(C)COC. The molecule has 0 spiro atoms. The molecule has 12 nitrogen and oxygen atoms in total. The van der Waals surface area contributed by atoms with E-state index in [1.54, 1.807) is 16.9 Å². The van der Waals surface area contributed by atoms with Crippen LogP contribution < -0.4 is 29.0 Å². The summed E-state index contributed by atoms with van der Waals surface area (Å²) in [5, 5.41) is 0. The molecule has 3 amide bonds. The summed E-state index contributed by atoms with van der Waals surface area (Å²) in [6.07, 6.45) is 7.09. The molecule has 61 heavy (non-hydrogen) atoms. The van der Waals surface area contributed by atoms with Gasteiger partial charge in [0.2, 0.25) is 10.7 Å². The number of ether oxygens (including phenoxy) is 3. The first-order chi connectivity index (χ1) is 29.0. The zero-order chi connectivity index (χ0) is 44.6. The summed E-state index contributed by atoms with van der Waals surface area (Å²) in [6, 6.07) is 16.1. The Morgan fingerprint density at radius 1 is 1.15 bits per heavy atom. The van der Waals surface area contributed by atoms with Crippen LogP contribution in [0.2, 0.25) is 0 Å². The van der Waals surface area contributed by atoms with Gasteiger partial charge in [-0.05, 0) is 61.9 Å². The van der Waals surface area contributed by atoms with E-state index >= 15 is 0 Å². The lowest BCUT2D eigenvalue weighted by molar-refractivity contribution is -0.121. The van der Waals surface area contributed by atoms with Gasteiger partial charge < -0.3 is 28.6 Å². The minimum Gasteiger partial charge on any atom is -0.489 e. The van der Waals surface area contributed by atoms with Gasteiger partial charge in [0.25, 0.3) is 11.8 Å². The average molecular weight is 916 g/mol. The molecule has 0 bridgehead atoms. The first-order valence-electron chi connectivity index (χ1n) is 19.6. The van der Waals surface area contributed by atoms with Crippen LogP contribution >= 0.6 is 46.3 Å². The molecule has 3 aliphatic rings. The van der Waals surface area contributed by atoms with Crippen LogP contribution in [-0.4, -0.2) is 82.9 Å². The number of fused-ring (bicyclic) bond motifs is 3. The quantitative estimate of drug-likeness (QED) is 0.123. The molecule has 0 N–H and O–H groups in total. The maximum absolute atomic E-state index is 14.5. The van der Waals surface area contributed by atoms with E-state index < -0.39 is 10.7 Å². The van der Waals surface area contributed by atoms with Gasteiger partial charge in [0.05, 0.1) is 42.3 Å². The topological polar surface area (TPSA) is 119 Å². The molecule has 2 unspecified atom stereocenters. The molecule has 1 aromatic heterocycles. The maximum atomic E-state index is 14.5. The van der Waals surface area contributed by atoms with Gasteiger partial charge in [-0.15, -0.1) is 18.0 Å². The van der Waals surface area contributed by atoms with Crippen LogP contribution in [0, 0.1) is 30.5 Å². The van der Waals surface area contributed by atoms with Crippen molar-refractivity contribution in [3.63, 3.8) is 0 Å². The predicted octanol–water partition coefficient (Wildman–Crippen LogP) is 8.03. The molecule has 17 heteroatoms. The van der Waals surface area contributed by atoms with Gasteiger partial charge in [0.15, 0.2) is 17.3 Å². The van der Waals surface area contributed by atoms with Crippen LogP contribution in [0.5, 0.6) is 11.5 Å². The minimum absolute atomic E-state index is 0.0223. The van der Waals surface area contributed by atoms with Crippen molar-refractivity contribution in [2.75, 3.05) is 54.1 Å². The first-order valence-corrected chi connectivity index (χ1v) is 21.8. The highest BCUT2D eigenvalue weighted by Gasteiger charge is 2.33. The second-order valence-corrected chi connectivity index (χ2v) is 17.5. The van der Waals surface area contributed by atoms with Crippen molar-refractivity contribution in [3.8, 4) is 23.8 Å². The van der Waals surface area contributed by atoms with Gasteiger partial charge in [0, 0.05) is 37.7 Å². The molecule has 326 valence electrons. The second-order valence-electron chi connectivity index (χ2n) is 15.4. The molecule has 3 aromatic carbocycles. The van der Waals surface area contributed by atoms with Gasteiger partial charge in [-0.2, -0.15) is 4.37 Å². The molecular formula is C44H50Cl3FN6O6S. The summed E-state index contributed by atoms with van der Waals surface area (Å²) in [4.78, 5) is 44.9. The summed E-state index contributed by atoms with van der Waals surface area (Å²) in [5.41, 5.74) is 4.61. The number of alkyl halides is 3. The molecular weight excluding hydrogens is 866 g/mol. The number of aromatic nitrogens is 2. The van der Waals surface area contributed by atoms with Crippen molar-refractivity contribution in [1.82, 2.24) is 8.94 Å². The monoisotopic (exact) mass is 914 g/mol. The number of anilines is 3. The van der Waals surface area contributed by atoms with Gasteiger partial charge in [-0.25, -0.2) is 9.38 Å². The largest absolute Gasteiger partial charge is 0.489 e. The molecule has 0 saturated heterocycles. The van der Waals surface area contributed by atoms with Crippen molar-refractivity contribution >= 4 is 86.8 Å². The van der Waals surface area contributed by atoms with Gasteiger partial charge in [-0.3, -0.25) is 19.3 Å². The second kappa shape index (κ2) is 20.9. The lowest BCUT2D eigenvalue weighted by Gasteiger charge is -2.35. The molecule has 0 radical (unpaired) electrons. The molecule has 3 aliphatic heterocycles. The standard InChI is InChI=1S/C18H17FN4O2S.C15H22ClNO2.C11H11Cl2NO2/c1-4-5-22-13-7-12(11(19)6-14(13)25-9-16(22)24)20-17-23-10-18(2,3)8-15(23)21-26-17;1-5-13-8-6-7-11(2)15(13)17(14(18)9-16)12(3)10-19-4;1-7-6-16-9-5-3-2-4-8(9)14(7)11(15)10(12)13/h1,6-7H,5,8-10H2,2-3H3;6-8,12H,5,9-10H2,1-4H3;2-5,7,10H,6H2,1H3. The predicted molar refractivity (Wildman–Crippen MR) is 240 cm³/mol. The number of hydrogen-bond acceptors (Lipinski definition) is 9. The number of nitrogens with zero attached hydrogens (tertiary/aromatic N) is 6. The number of carbonyl (C=O) groups is 3. The summed E-state index contributed by atoms with van der Waals surface area (Å²) >= 11 is 18.3. The van der Waals surface area contributed by atoms with Crippen LogP contribution in [0.15, 0.2) is 59.6 Å². The Morgan fingerprint density at radius 2 is 1.89 bits per heavy atom. The Kier molecular flexibility index (Phi) is 16.3. The number of hydrogen-bond donors (Lipinski definition) is 0. The van der Waals surface area contributed by atoms with E-state index in [1.165, 1.54) is 28.6 Å². The Labute approximate surface area is 375 Å². The smallest absolute Gasteiger partial charge is 0.265 e. The Morgan fingerprint density at radius 3 is 2.56 bits per heavy atom. The fourth-order valence-corrected chi connectivity index (χ4v) is 8.41. The zero-order valence-electron chi connectivity index (χ0n) is 35.2. The number of amides is 3. The lowest BCUT2D eigenvalue weighted by Crippen LogP contribution is -2.47. The van der Waals surface area contributed by atoms with Crippen LogP contribution in [-0.2, 0) is 38.5 Å². The fraction of sp³-hybridized carbons (Fsp3) is 0.432. The van der Waals surface area contributed by atoms with Crippen molar-refractivity contribution in [2.24, 2.45) is 10.4 Å². The van der Waals surface area contributed by atoms with E-state index in [2.05, 4.69) is 42.1 Å². The van der Waals surface area contributed by atoms with Crippen molar-refractivity contribution < 1.29 is 33.0 Å². The normalized spacial score (nSPS) is 16.7. The average Bonchev–Trinajstić information content (AvgIpc) is 3.74. The molecule has 0 saturated carbocycles. The van der Waals surface area contributed by atoms with Crippen molar-refractivity contribution in [2.45, 2.75) is 77.8 Å². The van der Waals surface area contributed by atoms with Gasteiger partial charge >= 0.3 is 0 Å². The first kappa shape index (κ1) is 47.4. The number of methoxy groups -OCH3 is 1. The third kappa shape index (κ3) is 11.1. The highest BCUT2D eigenvalue weighted by atomic mass is 35.5. The third-order valence-electron chi connectivity index (χ3n) is 10.1. The molecule has 7 rings (SSSR count). The minimum atomic E-state index is -1.05. The van der Waals surface area contributed by atoms with Crippen LogP contribution in [0.4, 0.5) is 27.1 Å². The summed E-state index contributed by atoms with van der Waals surface area (Å²) in [7, 11) is 1.64. The highest BCUT2D eigenvalue weighted by Crippen LogP contribution is 2.38. The van der Waals surface area contributed by atoms with E-state index in [4.69, 9.17) is 55.4 Å². The summed E-state index contributed by atoms with van der Waals surface area (Å²) in [6.45, 7) is 14.0. The van der Waals surface area contributed by atoms with E-state index in [0.29, 0.717) is 35.2 Å². The molecule has 4 aromatic rings. The van der Waals surface area contributed by atoms with Crippen LogP contribution in [0.25, 0.3) is 0 Å². The Hall–Kier alpha value is -4.65. The van der Waals surface area contributed by atoms with Crippen molar-refractivity contribution in [3.05, 3.63) is 82.2 Å². The molecule has 2 atom stereocenters. The summed E-state index contributed by atoms with van der Waals surface area (Å²) < 4.78 is 37.0. The number of benzene rings is 3. The van der Waals surface area contributed by atoms with Gasteiger partial charge in [-0.1, -0.05) is 80.2 Å². The number of carbonyl (C=O) groups excluding carboxylic acids is 3.